The van der Waals surface area contributed by atoms with Crippen molar-refractivity contribution < 1.29 is 22.0 Å². The summed E-state index contributed by atoms with van der Waals surface area (Å²) in [7, 11) is 0. The Morgan fingerprint density at radius 2 is 1.60 bits per heavy atom. The van der Waals surface area contributed by atoms with Crippen LogP contribution in [0.25, 0.3) is 0 Å². The molecule has 0 aliphatic rings. The normalized spacial score (nSPS) is 12.9. The molecule has 0 spiro atoms. The van der Waals surface area contributed by atoms with E-state index in [0.29, 0.717) is 0 Å². The van der Waals surface area contributed by atoms with Crippen molar-refractivity contribution in [2.75, 3.05) is 0 Å². The van der Waals surface area contributed by atoms with E-state index in [1.165, 1.54) is 0 Å². The summed E-state index contributed by atoms with van der Waals surface area (Å²) in [5.74, 6) is 0. The van der Waals surface area contributed by atoms with E-state index in [9.17, 15) is 0 Å². The minimum Gasteiger partial charge on any atom is -0.362 e. The summed E-state index contributed by atoms with van der Waals surface area (Å²) in [5, 5.41) is 0.765. The third kappa shape index (κ3) is 6.36. The molecule has 1 N–H and O–H groups in total. The second-order valence-electron chi connectivity index (χ2n) is 2.65. The maximum absolute atomic E-state index is 9.17. The van der Waals surface area contributed by atoms with E-state index in [2.05, 4.69) is 12.2 Å². The smallest absolute Gasteiger partial charge is 0.362 e. The van der Waals surface area contributed by atoms with Gasteiger partial charge in [0.05, 0.1) is 5.47 Å². The minimum absolute atomic E-state index is 0. The molecule has 5 heteroatoms. The molecule has 0 aromatic heterocycles. The van der Waals surface area contributed by atoms with Gasteiger partial charge in [-0.05, 0) is 0 Å². The van der Waals surface area contributed by atoms with Crippen LogP contribution in [0, 0.1) is 0 Å². The first-order chi connectivity index (χ1) is 6.61. The molecule has 0 bridgehead atoms. The first-order valence-electron chi connectivity index (χ1n) is 4.05. The molecule has 2 rings (SSSR count). The Morgan fingerprint density at radius 1 is 1.13 bits per heavy atom. The van der Waals surface area contributed by atoms with E-state index in [0.717, 1.165) is 5.30 Å². The fourth-order valence-corrected chi connectivity index (χ4v) is 2.20. The molecule has 1 atom stereocenters. The fourth-order valence-electron chi connectivity index (χ4n) is 0.879. The van der Waals surface area contributed by atoms with Gasteiger partial charge < -0.3 is 4.89 Å². The van der Waals surface area contributed by atoms with Crippen molar-refractivity contribution in [2.45, 2.75) is 0 Å². The van der Waals surface area contributed by atoms with Crippen molar-refractivity contribution in [2.24, 2.45) is 0 Å². The van der Waals surface area contributed by atoms with Crippen LogP contribution in [0.3, 0.4) is 0 Å². The fraction of sp³-hybridized carbons (Fsp3) is 0. The predicted molar refractivity (Wildman–Crippen MR) is 69.2 cm³/mol. The van der Waals surface area contributed by atoms with Crippen molar-refractivity contribution in [1.29, 1.82) is 0 Å². The van der Waals surface area contributed by atoms with Crippen LogP contribution in [0.2, 0.25) is 0 Å². The van der Waals surface area contributed by atoms with Crippen LogP contribution < -0.4 is 5.30 Å². The molecule has 0 radical (unpaired) electrons. The summed E-state index contributed by atoms with van der Waals surface area (Å²) in [6.45, 7) is 0. The first-order valence-corrected chi connectivity index (χ1v) is 7.96. The van der Waals surface area contributed by atoms with Gasteiger partial charge in [0.25, 0.3) is 0 Å². The number of hydrogen-bond acceptors (Lipinski definition) is 1. The summed E-state index contributed by atoms with van der Waals surface area (Å²) < 4.78 is 0. The molecule has 0 aliphatic carbocycles. The van der Waals surface area contributed by atoms with E-state index in [1.54, 1.807) is 12.1 Å². The molecule has 0 saturated carbocycles. The summed E-state index contributed by atoms with van der Waals surface area (Å²) >= 11 is 8.63. The molecule has 1 unspecified atom stereocenters. The average Bonchev–Trinajstić information content (AvgIpc) is 2.80. The van der Waals surface area contributed by atoms with Crippen molar-refractivity contribution >= 4 is 34.8 Å². The van der Waals surface area contributed by atoms with Crippen molar-refractivity contribution in [3.8, 4) is 0 Å². The zero-order chi connectivity index (χ0) is 10.4. The van der Waals surface area contributed by atoms with E-state index >= 15 is 0 Å². The van der Waals surface area contributed by atoms with Gasteiger partial charge in [-0.3, -0.25) is 0 Å². The molecule has 82 valence electrons. The molecule has 2 aromatic rings. The second kappa shape index (κ2) is 7.45. The van der Waals surface area contributed by atoms with Crippen molar-refractivity contribution in [3.05, 3.63) is 54.6 Å². The van der Waals surface area contributed by atoms with Gasteiger partial charge in [-0.15, -0.1) is 12.2 Å². The molecule has 0 saturated heterocycles. The van der Waals surface area contributed by atoms with Gasteiger partial charge in [-0.1, -0.05) is 17.1 Å². The summed E-state index contributed by atoms with van der Waals surface area (Å²) in [5.41, 5.74) is -2.44. The van der Waals surface area contributed by atoms with Crippen LogP contribution in [0.4, 0.5) is 0 Å². The summed E-state index contributed by atoms with van der Waals surface area (Å²) in [4.78, 5) is 9.17. The molecule has 0 heterocycles. The van der Waals surface area contributed by atoms with E-state index in [4.69, 9.17) is 16.7 Å². The Morgan fingerprint density at radius 3 is 1.80 bits per heavy atom. The molecule has 0 fully saturated rings. The Balaban J connectivity index is 0.000000280. The van der Waals surface area contributed by atoms with Crippen molar-refractivity contribution in [3.63, 3.8) is 0 Å². The van der Waals surface area contributed by atoms with E-state index in [1.807, 2.05) is 42.5 Å². The number of hydrogen-bond donors (Lipinski definition) is 2. The van der Waals surface area contributed by atoms with Crippen molar-refractivity contribution in [1.82, 2.24) is 0 Å². The van der Waals surface area contributed by atoms with Crippen LogP contribution in [0.1, 0.15) is 0 Å². The monoisotopic (exact) mass is 298 g/mol. The van der Waals surface area contributed by atoms with Gasteiger partial charge in [0.15, 0.2) is 0 Å². The molecule has 1 nitrogen and oxygen atoms in total. The Kier molecular flexibility index (Phi) is 7.54. The molecule has 15 heavy (non-hydrogen) atoms. The maximum atomic E-state index is 9.17. The topological polar surface area (TPSA) is 20.2 Å². The summed E-state index contributed by atoms with van der Waals surface area (Å²) in [6, 6.07) is 17.2. The molecule has 0 amide bonds. The SMILES string of the molecule is OP(=S)(S)[c-]1cccc1.[Fe+2].c1cc[cH-]c1. The standard InChI is InChI=1S/C5H6OPS2.C5H5.Fe/c6-7(8,9)5-3-1-2-4-5;1-2-4-5-3-1;/h1-4H,(H2,6,8,9);1-5H;/q2*-1;+2. The van der Waals surface area contributed by atoms with Gasteiger partial charge >= 0.3 is 17.1 Å². The third-order valence-corrected chi connectivity index (χ3v) is 3.83. The van der Waals surface area contributed by atoms with Gasteiger partial charge in [0, 0.05) is 0 Å². The zero-order valence-corrected chi connectivity index (χ0v) is 11.5. The minimum atomic E-state index is -2.44. The van der Waals surface area contributed by atoms with Gasteiger partial charge in [-0.2, -0.15) is 30.3 Å². The largest absolute Gasteiger partial charge is 2.00 e. The molecular formula is C10H11FeOPS2. The molecule has 0 aliphatic heterocycles. The average molecular weight is 298 g/mol. The first kappa shape index (κ1) is 15.2. The zero-order valence-electron chi connectivity index (χ0n) is 7.80. The Labute approximate surface area is 111 Å². The summed E-state index contributed by atoms with van der Waals surface area (Å²) in [6.07, 6.45) is 0. The van der Waals surface area contributed by atoms with Crippen LogP contribution in [-0.2, 0) is 28.9 Å². The van der Waals surface area contributed by atoms with Crippen LogP contribution in [0.5, 0.6) is 0 Å². The number of rotatable bonds is 1. The van der Waals surface area contributed by atoms with E-state index in [-0.39, 0.29) is 17.1 Å². The van der Waals surface area contributed by atoms with Gasteiger partial charge in [0.1, 0.15) is 0 Å². The van der Waals surface area contributed by atoms with E-state index < -0.39 is 5.47 Å². The van der Waals surface area contributed by atoms with Gasteiger partial charge in [-0.25, -0.2) is 24.3 Å². The number of thiol groups is 1. The van der Waals surface area contributed by atoms with Crippen LogP contribution in [-0.4, -0.2) is 4.89 Å². The van der Waals surface area contributed by atoms with Crippen LogP contribution >= 0.6 is 17.7 Å². The molecular weight excluding hydrogens is 287 g/mol. The van der Waals surface area contributed by atoms with Gasteiger partial charge in [0.2, 0.25) is 0 Å². The quantitative estimate of drug-likeness (QED) is 0.365. The maximum Gasteiger partial charge on any atom is 2.00 e. The Bertz CT molecular complexity index is 360. The molecule has 2 aromatic carbocycles. The third-order valence-electron chi connectivity index (χ3n) is 1.54. The second-order valence-corrected chi connectivity index (χ2v) is 8.39. The predicted octanol–water partition coefficient (Wildman–Crippen LogP) is 2.67. The Hall–Kier alpha value is 0.179. The van der Waals surface area contributed by atoms with Crippen LogP contribution in [0.15, 0.2) is 54.6 Å².